The molecule has 2 fully saturated rings. The Kier molecular flexibility index (Phi) is 4.76. The first-order valence-electron chi connectivity index (χ1n) is 7.65. The van der Waals surface area contributed by atoms with Gasteiger partial charge in [0.15, 0.2) is 5.17 Å². The standard InChI is InChI=1S/C16H17N3O3S/c20-15-14(10-11-6-8-13(9-7-11)19(21)22)23-16(18-15)17-12-4-2-1-3-5-12/h6-10,12H,1-5H2,(H,17,18,20)/b14-10+. The van der Waals surface area contributed by atoms with Crippen LogP contribution in [0.3, 0.4) is 0 Å². The molecule has 0 atom stereocenters. The minimum Gasteiger partial charge on any atom is -0.301 e. The lowest BCUT2D eigenvalue weighted by molar-refractivity contribution is -0.384. The number of hydrogen-bond donors (Lipinski definition) is 1. The Bertz CT molecular complexity index is 676. The number of nitrogens with one attached hydrogen (secondary N) is 1. The highest BCUT2D eigenvalue weighted by Gasteiger charge is 2.25. The first-order chi connectivity index (χ1) is 11.1. The van der Waals surface area contributed by atoms with E-state index in [0.29, 0.717) is 16.1 Å². The van der Waals surface area contributed by atoms with E-state index in [2.05, 4.69) is 10.3 Å². The van der Waals surface area contributed by atoms with Gasteiger partial charge in [-0.25, -0.2) is 0 Å². The van der Waals surface area contributed by atoms with E-state index in [1.54, 1.807) is 18.2 Å². The van der Waals surface area contributed by atoms with Gasteiger partial charge < -0.3 is 5.32 Å². The fourth-order valence-corrected chi connectivity index (χ4v) is 3.60. The van der Waals surface area contributed by atoms with E-state index >= 15 is 0 Å². The number of amidine groups is 1. The molecule has 0 aromatic heterocycles. The molecule has 6 nitrogen and oxygen atoms in total. The number of rotatable bonds is 3. The quantitative estimate of drug-likeness (QED) is 0.522. The molecular formula is C16H17N3O3S. The number of aliphatic imine (C=N–C) groups is 1. The summed E-state index contributed by atoms with van der Waals surface area (Å²) in [6, 6.07) is 6.44. The second-order valence-electron chi connectivity index (χ2n) is 5.64. The average Bonchev–Trinajstić information content (AvgIpc) is 2.88. The minimum atomic E-state index is -0.442. The van der Waals surface area contributed by atoms with Crippen molar-refractivity contribution in [2.45, 2.75) is 38.1 Å². The molecule has 23 heavy (non-hydrogen) atoms. The topological polar surface area (TPSA) is 84.6 Å². The minimum absolute atomic E-state index is 0.0372. The average molecular weight is 331 g/mol. The van der Waals surface area contributed by atoms with E-state index in [9.17, 15) is 14.9 Å². The Hall–Kier alpha value is -2.15. The molecule has 1 heterocycles. The Labute approximate surface area is 138 Å². The van der Waals surface area contributed by atoms with Crippen molar-refractivity contribution >= 4 is 34.6 Å². The summed E-state index contributed by atoms with van der Waals surface area (Å²) in [5.74, 6) is -0.164. The molecule has 1 aromatic carbocycles. The molecule has 0 spiro atoms. The smallest absolute Gasteiger partial charge is 0.269 e. The van der Waals surface area contributed by atoms with Crippen LogP contribution < -0.4 is 5.32 Å². The van der Waals surface area contributed by atoms with Crippen LogP contribution in [-0.2, 0) is 4.79 Å². The second kappa shape index (κ2) is 6.95. The molecule has 1 saturated carbocycles. The van der Waals surface area contributed by atoms with Gasteiger partial charge in [0, 0.05) is 12.1 Å². The zero-order valence-electron chi connectivity index (χ0n) is 12.5. The second-order valence-corrected chi connectivity index (χ2v) is 6.67. The van der Waals surface area contributed by atoms with Crippen LogP contribution >= 0.6 is 11.8 Å². The predicted molar refractivity (Wildman–Crippen MR) is 91.1 cm³/mol. The van der Waals surface area contributed by atoms with Crippen LogP contribution in [0.15, 0.2) is 34.2 Å². The van der Waals surface area contributed by atoms with Crippen molar-refractivity contribution in [1.82, 2.24) is 5.32 Å². The third-order valence-corrected chi connectivity index (χ3v) is 4.85. The van der Waals surface area contributed by atoms with Gasteiger partial charge in [0.25, 0.3) is 11.6 Å². The molecule has 1 aliphatic carbocycles. The maximum absolute atomic E-state index is 12.0. The number of benzene rings is 1. The number of amides is 1. The lowest BCUT2D eigenvalue weighted by atomic mass is 9.96. The molecule has 1 aromatic rings. The largest absolute Gasteiger partial charge is 0.301 e. The first kappa shape index (κ1) is 15.7. The molecule has 120 valence electrons. The Morgan fingerprint density at radius 1 is 1.22 bits per heavy atom. The summed E-state index contributed by atoms with van der Waals surface area (Å²) >= 11 is 1.33. The van der Waals surface area contributed by atoms with Gasteiger partial charge in [0.1, 0.15) is 0 Å². The zero-order valence-corrected chi connectivity index (χ0v) is 13.3. The number of carbonyl (C=O) groups excluding carboxylic acids is 1. The van der Waals surface area contributed by atoms with Crippen molar-refractivity contribution in [3.8, 4) is 0 Å². The molecular weight excluding hydrogens is 314 g/mol. The molecule has 3 rings (SSSR count). The fourth-order valence-electron chi connectivity index (χ4n) is 2.71. The summed E-state index contributed by atoms with van der Waals surface area (Å²) in [5.41, 5.74) is 0.794. The highest BCUT2D eigenvalue weighted by molar-refractivity contribution is 8.18. The molecule has 2 aliphatic rings. The van der Waals surface area contributed by atoms with E-state index in [-0.39, 0.29) is 11.6 Å². The lowest BCUT2D eigenvalue weighted by Crippen LogP contribution is -2.22. The molecule has 1 aliphatic heterocycles. The van der Waals surface area contributed by atoms with Crippen molar-refractivity contribution in [2.75, 3.05) is 0 Å². The van der Waals surface area contributed by atoms with E-state index < -0.39 is 4.92 Å². The van der Waals surface area contributed by atoms with Crippen LogP contribution in [0.4, 0.5) is 5.69 Å². The summed E-state index contributed by atoms with van der Waals surface area (Å²) < 4.78 is 0. The van der Waals surface area contributed by atoms with Crippen LogP contribution in [0.25, 0.3) is 6.08 Å². The molecule has 1 N–H and O–H groups in total. The van der Waals surface area contributed by atoms with Gasteiger partial charge in [-0.15, -0.1) is 0 Å². The van der Waals surface area contributed by atoms with Crippen molar-refractivity contribution in [1.29, 1.82) is 0 Å². The van der Waals surface area contributed by atoms with Crippen LogP contribution in [0.5, 0.6) is 0 Å². The van der Waals surface area contributed by atoms with E-state index in [0.717, 1.165) is 18.4 Å². The van der Waals surface area contributed by atoms with Crippen LogP contribution in [-0.4, -0.2) is 22.0 Å². The Morgan fingerprint density at radius 3 is 2.57 bits per heavy atom. The first-order valence-corrected chi connectivity index (χ1v) is 8.46. The normalized spacial score (nSPS) is 22.5. The highest BCUT2D eigenvalue weighted by Crippen LogP contribution is 2.29. The Morgan fingerprint density at radius 2 is 1.91 bits per heavy atom. The number of hydrogen-bond acceptors (Lipinski definition) is 5. The summed E-state index contributed by atoms with van der Waals surface area (Å²) in [4.78, 5) is 27.4. The molecule has 1 amide bonds. The highest BCUT2D eigenvalue weighted by atomic mass is 32.2. The number of thioether (sulfide) groups is 1. The molecule has 0 radical (unpaired) electrons. The third kappa shape index (κ3) is 3.98. The van der Waals surface area contributed by atoms with E-state index in [1.807, 2.05) is 0 Å². The van der Waals surface area contributed by atoms with Crippen LogP contribution in [0, 0.1) is 10.1 Å². The summed E-state index contributed by atoms with van der Waals surface area (Å²) in [6.45, 7) is 0. The third-order valence-electron chi connectivity index (χ3n) is 3.93. The molecule has 0 bridgehead atoms. The van der Waals surface area contributed by atoms with E-state index in [4.69, 9.17) is 0 Å². The fraction of sp³-hybridized carbons (Fsp3) is 0.375. The van der Waals surface area contributed by atoms with E-state index in [1.165, 1.54) is 43.2 Å². The monoisotopic (exact) mass is 331 g/mol. The summed E-state index contributed by atoms with van der Waals surface area (Å²) in [5, 5.41) is 14.1. The Balaban J connectivity index is 1.71. The maximum atomic E-state index is 12.0. The van der Waals surface area contributed by atoms with Gasteiger partial charge in [0.2, 0.25) is 0 Å². The summed E-state index contributed by atoms with van der Waals surface area (Å²) in [6.07, 6.45) is 7.57. The van der Waals surface area contributed by atoms with Crippen molar-refractivity contribution < 1.29 is 9.72 Å². The van der Waals surface area contributed by atoms with Gasteiger partial charge in [-0.3, -0.25) is 19.9 Å². The summed E-state index contributed by atoms with van der Waals surface area (Å²) in [7, 11) is 0. The number of nitro benzene ring substituents is 1. The van der Waals surface area contributed by atoms with Crippen molar-refractivity contribution in [2.24, 2.45) is 4.99 Å². The lowest BCUT2D eigenvalue weighted by Gasteiger charge is -2.17. The van der Waals surface area contributed by atoms with Gasteiger partial charge in [-0.1, -0.05) is 19.3 Å². The molecule has 1 saturated heterocycles. The van der Waals surface area contributed by atoms with Gasteiger partial charge >= 0.3 is 0 Å². The predicted octanol–water partition coefficient (Wildman–Crippen LogP) is 3.49. The van der Waals surface area contributed by atoms with Gasteiger partial charge in [0.05, 0.1) is 15.9 Å². The van der Waals surface area contributed by atoms with Crippen LogP contribution in [0.1, 0.15) is 37.7 Å². The maximum Gasteiger partial charge on any atom is 0.269 e. The molecule has 0 unspecified atom stereocenters. The number of carbonyl (C=O) groups is 1. The number of nitrogens with zero attached hydrogens (tertiary/aromatic N) is 2. The zero-order chi connectivity index (χ0) is 16.2. The number of non-ortho nitro benzene ring substituents is 1. The van der Waals surface area contributed by atoms with Crippen molar-refractivity contribution in [3.63, 3.8) is 0 Å². The van der Waals surface area contributed by atoms with Crippen LogP contribution in [0.2, 0.25) is 0 Å². The van der Waals surface area contributed by atoms with Gasteiger partial charge in [-0.05, 0) is 48.4 Å². The van der Waals surface area contributed by atoms with Crippen molar-refractivity contribution in [3.05, 3.63) is 44.8 Å². The SMILES string of the molecule is O=C1NC(=NC2CCCCC2)S/C1=C/c1ccc([N+](=O)[O-])cc1. The molecule has 7 heteroatoms. The number of nitro groups is 1. The van der Waals surface area contributed by atoms with Gasteiger partial charge in [-0.2, -0.15) is 0 Å².